The molecule has 4 aromatic heterocycles. The smallest absolute Gasteiger partial charge is 0.294 e. The number of benzene rings is 2. The predicted molar refractivity (Wildman–Crippen MR) is 160 cm³/mol. The number of likely N-dealkylation sites (N-methyl/N-ethyl adjacent to an activating group) is 1. The Kier molecular flexibility index (Phi) is 7.78. The summed E-state index contributed by atoms with van der Waals surface area (Å²) in [5.74, 6) is 1.75. The summed E-state index contributed by atoms with van der Waals surface area (Å²) in [5, 5.41) is 8.46. The lowest BCUT2D eigenvalue weighted by atomic mass is 10.1. The highest BCUT2D eigenvalue weighted by Gasteiger charge is 2.18. The fourth-order valence-corrected chi connectivity index (χ4v) is 5.80. The molecule has 0 aliphatic carbocycles. The highest BCUT2D eigenvalue weighted by Crippen LogP contribution is 2.38. The van der Waals surface area contributed by atoms with Crippen molar-refractivity contribution in [2.75, 3.05) is 41.5 Å². The average Bonchev–Trinajstić information content (AvgIpc) is 3.81. The number of fused-ring (bicyclic) bond motifs is 2. The zero-order valence-corrected chi connectivity index (χ0v) is 25.0. The van der Waals surface area contributed by atoms with Gasteiger partial charge in [-0.1, -0.05) is 12.1 Å². The van der Waals surface area contributed by atoms with E-state index in [0.29, 0.717) is 57.4 Å². The second-order valence-electron chi connectivity index (χ2n) is 9.30. The number of carbonyl (C=O) groups is 1. The van der Waals surface area contributed by atoms with E-state index < -0.39 is 0 Å². The van der Waals surface area contributed by atoms with Gasteiger partial charge in [0.15, 0.2) is 5.76 Å². The number of thiazole rings is 1. The van der Waals surface area contributed by atoms with Crippen LogP contribution in [0.1, 0.15) is 16.1 Å². The van der Waals surface area contributed by atoms with E-state index in [2.05, 4.69) is 10.1 Å². The van der Waals surface area contributed by atoms with E-state index >= 15 is 0 Å². The molecule has 6 rings (SSSR count). The zero-order chi connectivity index (χ0) is 29.2. The molecule has 0 unspecified atom stereocenters. The van der Waals surface area contributed by atoms with Crippen LogP contribution in [0.15, 0.2) is 58.5 Å². The normalized spacial score (nSPS) is 11.3. The number of carbonyl (C=O) groups excluding carboxylic acids is 1. The Morgan fingerprint density at radius 2 is 1.90 bits per heavy atom. The van der Waals surface area contributed by atoms with Gasteiger partial charge in [-0.25, -0.2) is 14.5 Å². The van der Waals surface area contributed by atoms with Gasteiger partial charge < -0.3 is 28.3 Å². The lowest BCUT2D eigenvalue weighted by Crippen LogP contribution is -2.29. The second-order valence-corrected chi connectivity index (χ2v) is 11.1. The maximum absolute atomic E-state index is 12.6. The summed E-state index contributed by atoms with van der Waals surface area (Å²) in [4.78, 5) is 24.3. The van der Waals surface area contributed by atoms with Gasteiger partial charge in [0.1, 0.15) is 34.4 Å². The molecule has 0 saturated carbocycles. The number of rotatable bonds is 11. The predicted octanol–water partition coefficient (Wildman–Crippen LogP) is 5.64. The first-order chi connectivity index (χ1) is 20.4. The van der Waals surface area contributed by atoms with Gasteiger partial charge in [0.2, 0.25) is 4.96 Å². The molecular weight excluding hydrogens is 578 g/mol. The van der Waals surface area contributed by atoms with Crippen molar-refractivity contribution in [2.45, 2.75) is 6.61 Å². The number of methoxy groups -OCH3 is 3. The Morgan fingerprint density at radius 1 is 1.07 bits per heavy atom. The number of furan rings is 1. The average molecular weight is 606 g/mol. The molecule has 6 aromatic rings. The molecule has 13 heteroatoms. The molecule has 0 aliphatic heterocycles. The minimum atomic E-state index is -0.0523. The highest BCUT2D eigenvalue weighted by atomic mass is 32.1. The van der Waals surface area contributed by atoms with Crippen molar-refractivity contribution in [3.8, 4) is 38.7 Å². The van der Waals surface area contributed by atoms with Crippen LogP contribution < -0.4 is 14.2 Å². The topological polar surface area (TPSA) is 113 Å². The van der Waals surface area contributed by atoms with Crippen LogP contribution in [0.4, 0.5) is 0 Å². The third-order valence-corrected chi connectivity index (χ3v) is 8.37. The molecule has 0 bridgehead atoms. The Balaban J connectivity index is 1.18. The lowest BCUT2D eigenvalue weighted by molar-refractivity contribution is 0.0744. The monoisotopic (exact) mass is 605 g/mol. The highest BCUT2D eigenvalue weighted by molar-refractivity contribution is 7.18. The van der Waals surface area contributed by atoms with Crippen LogP contribution in [0.5, 0.6) is 16.7 Å². The number of amides is 1. The van der Waals surface area contributed by atoms with Crippen LogP contribution >= 0.6 is 22.7 Å². The van der Waals surface area contributed by atoms with Gasteiger partial charge >= 0.3 is 0 Å². The molecule has 0 fully saturated rings. The van der Waals surface area contributed by atoms with Gasteiger partial charge in [0, 0.05) is 49.3 Å². The van der Waals surface area contributed by atoms with E-state index in [1.54, 1.807) is 44.0 Å². The molecule has 4 heterocycles. The first kappa shape index (κ1) is 27.7. The third-order valence-electron chi connectivity index (χ3n) is 6.54. The van der Waals surface area contributed by atoms with Crippen LogP contribution in [-0.4, -0.2) is 71.9 Å². The third kappa shape index (κ3) is 5.53. The summed E-state index contributed by atoms with van der Waals surface area (Å²) >= 11 is 2.86. The van der Waals surface area contributed by atoms with E-state index in [1.165, 1.54) is 22.7 Å². The maximum atomic E-state index is 12.6. The van der Waals surface area contributed by atoms with E-state index in [4.69, 9.17) is 28.3 Å². The molecule has 2 aromatic carbocycles. The Hall–Kier alpha value is -4.46. The molecule has 0 atom stereocenters. The van der Waals surface area contributed by atoms with Crippen molar-refractivity contribution >= 4 is 44.5 Å². The summed E-state index contributed by atoms with van der Waals surface area (Å²) in [5.41, 5.74) is 3.59. The van der Waals surface area contributed by atoms with E-state index in [-0.39, 0.29) is 12.5 Å². The van der Waals surface area contributed by atoms with Crippen LogP contribution in [0.3, 0.4) is 0 Å². The molecule has 0 saturated heterocycles. The molecule has 0 N–H and O–H groups in total. The van der Waals surface area contributed by atoms with Crippen molar-refractivity contribution in [1.29, 1.82) is 0 Å². The summed E-state index contributed by atoms with van der Waals surface area (Å²) in [6.45, 7) is 1.27. The van der Waals surface area contributed by atoms with Crippen molar-refractivity contribution in [2.24, 2.45) is 0 Å². The fourth-order valence-electron chi connectivity index (χ4n) is 4.29. The summed E-state index contributed by atoms with van der Waals surface area (Å²) in [6.07, 6.45) is 1.79. The first-order valence-electron chi connectivity index (χ1n) is 12.9. The van der Waals surface area contributed by atoms with Gasteiger partial charge in [0.05, 0.1) is 38.1 Å². The molecule has 216 valence electrons. The number of nitrogens with zero attached hydrogens (tertiary/aromatic N) is 5. The number of ether oxygens (including phenoxy) is 4. The van der Waals surface area contributed by atoms with Gasteiger partial charge in [-0.3, -0.25) is 4.79 Å². The Labute approximate surface area is 248 Å². The molecule has 11 nitrogen and oxygen atoms in total. The van der Waals surface area contributed by atoms with Crippen molar-refractivity contribution < 1.29 is 28.2 Å². The first-order valence-corrected chi connectivity index (χ1v) is 14.6. The largest absolute Gasteiger partial charge is 0.496 e. The van der Waals surface area contributed by atoms with Gasteiger partial charge in [0.25, 0.3) is 11.1 Å². The second kappa shape index (κ2) is 11.8. The number of aromatic nitrogens is 4. The molecule has 0 radical (unpaired) electrons. The van der Waals surface area contributed by atoms with E-state index in [0.717, 1.165) is 21.7 Å². The molecule has 42 heavy (non-hydrogen) atoms. The zero-order valence-electron chi connectivity index (χ0n) is 23.3. The number of hydrogen-bond donors (Lipinski definition) is 0. The van der Waals surface area contributed by atoms with E-state index in [9.17, 15) is 4.79 Å². The van der Waals surface area contributed by atoms with Gasteiger partial charge in [-0.15, -0.1) is 16.4 Å². The quantitative estimate of drug-likeness (QED) is 0.185. The van der Waals surface area contributed by atoms with Crippen LogP contribution in [0, 0.1) is 0 Å². The standard InChI is InChI=1S/C29H27N5O6S2/c1-33(9-10-36-2)27(35)18-7-5-17(6-8-18)26-30-19(16-41-26)15-39-23-11-20(37-3)12-24-21(23)13-25(40-24)22-14-34-28(31-22)42-29(32-34)38-4/h5-8,11-14,16H,9-10,15H2,1-4H3. The molecule has 0 aliphatic rings. The molecule has 1 amide bonds. The maximum Gasteiger partial charge on any atom is 0.294 e. The van der Waals surface area contributed by atoms with Crippen molar-refractivity contribution in [3.63, 3.8) is 0 Å². The fraction of sp³-hybridized carbons (Fsp3) is 0.241. The number of hydrogen-bond acceptors (Lipinski definition) is 11. The summed E-state index contributed by atoms with van der Waals surface area (Å²) in [6, 6.07) is 13.0. The summed E-state index contributed by atoms with van der Waals surface area (Å²) in [7, 11) is 6.55. The van der Waals surface area contributed by atoms with Crippen LogP contribution in [-0.2, 0) is 11.3 Å². The molecular formula is C29H27N5O6S2. The van der Waals surface area contributed by atoms with Crippen molar-refractivity contribution in [3.05, 3.63) is 65.3 Å². The summed E-state index contributed by atoms with van der Waals surface area (Å²) < 4.78 is 29.7. The molecule has 0 spiro atoms. The van der Waals surface area contributed by atoms with Gasteiger partial charge in [-0.2, -0.15) is 0 Å². The number of imidazole rings is 1. The minimum absolute atomic E-state index is 0.0523. The Morgan fingerprint density at radius 3 is 2.64 bits per heavy atom. The van der Waals surface area contributed by atoms with Gasteiger partial charge in [-0.05, 0) is 29.5 Å². The Bertz CT molecular complexity index is 1820. The van der Waals surface area contributed by atoms with Crippen molar-refractivity contribution in [1.82, 2.24) is 24.5 Å². The SMILES string of the molecule is COCCN(C)C(=O)c1ccc(-c2nc(COc3cc(OC)cc4oc(-c5cn6nc(OC)sc6n5)cc34)cs2)cc1. The van der Waals surface area contributed by atoms with Crippen LogP contribution in [0.25, 0.3) is 38.0 Å². The minimum Gasteiger partial charge on any atom is -0.496 e. The van der Waals surface area contributed by atoms with Crippen LogP contribution in [0.2, 0.25) is 0 Å². The lowest BCUT2D eigenvalue weighted by Gasteiger charge is -2.16. The van der Waals surface area contributed by atoms with E-state index in [1.807, 2.05) is 47.8 Å².